The topological polar surface area (TPSA) is 77.1 Å². The molecule has 0 saturated heterocycles. The second-order valence-electron chi connectivity index (χ2n) is 9.71. The van der Waals surface area contributed by atoms with Crippen LogP contribution in [0.2, 0.25) is 0 Å². The summed E-state index contributed by atoms with van der Waals surface area (Å²) in [5, 5.41) is 3.43. The molecule has 2 aliphatic heterocycles. The van der Waals surface area contributed by atoms with Crippen LogP contribution in [0.3, 0.4) is 0 Å². The SMILES string of the molecule is CCOC(=O)c1ccc2c(c1)C1(OC2=O)c2ccc(N(CC)CC)cc2Oc2ccc(Nc3ccccc3)cc21. The predicted molar refractivity (Wildman–Crippen MR) is 154 cm³/mol. The minimum Gasteiger partial charge on any atom is -0.462 e. The molecule has 2 aliphatic rings. The van der Waals surface area contributed by atoms with Gasteiger partial charge in [-0.15, -0.1) is 0 Å². The number of nitrogens with one attached hydrogen (secondary N) is 1. The predicted octanol–water partition coefficient (Wildman–Crippen LogP) is 7.02. The fraction of sp³-hybridized carbons (Fsp3) is 0.212. The summed E-state index contributed by atoms with van der Waals surface area (Å²) in [6.45, 7) is 7.90. The number of carbonyl (C=O) groups excluding carboxylic acids is 2. The monoisotopic (exact) mass is 534 g/mol. The summed E-state index contributed by atoms with van der Waals surface area (Å²) in [7, 11) is 0. The van der Waals surface area contributed by atoms with Gasteiger partial charge in [0.2, 0.25) is 0 Å². The Balaban J connectivity index is 1.57. The number of para-hydroxylation sites is 1. The maximum Gasteiger partial charge on any atom is 0.340 e. The molecule has 4 aromatic rings. The highest BCUT2D eigenvalue weighted by molar-refractivity contribution is 5.99. The first-order chi connectivity index (χ1) is 19.5. The van der Waals surface area contributed by atoms with E-state index < -0.39 is 17.5 Å². The molecule has 0 aromatic heterocycles. The van der Waals surface area contributed by atoms with Gasteiger partial charge in [-0.1, -0.05) is 18.2 Å². The van der Waals surface area contributed by atoms with E-state index >= 15 is 0 Å². The van der Waals surface area contributed by atoms with E-state index in [1.165, 1.54) is 0 Å². The first kappa shape index (κ1) is 25.5. The lowest BCUT2D eigenvalue weighted by Crippen LogP contribution is -2.33. The van der Waals surface area contributed by atoms with Crippen molar-refractivity contribution >= 4 is 29.0 Å². The number of anilines is 3. The van der Waals surface area contributed by atoms with Gasteiger partial charge >= 0.3 is 11.9 Å². The van der Waals surface area contributed by atoms with E-state index in [-0.39, 0.29) is 6.61 Å². The molecule has 0 aliphatic carbocycles. The number of fused-ring (bicyclic) bond motifs is 6. The van der Waals surface area contributed by atoms with Crippen LogP contribution < -0.4 is 15.0 Å². The van der Waals surface area contributed by atoms with Crippen molar-refractivity contribution in [3.05, 3.63) is 113 Å². The minimum absolute atomic E-state index is 0.249. The molecule has 0 bridgehead atoms. The van der Waals surface area contributed by atoms with Gasteiger partial charge < -0.3 is 24.4 Å². The largest absolute Gasteiger partial charge is 0.462 e. The van der Waals surface area contributed by atoms with Crippen LogP contribution in [-0.2, 0) is 15.1 Å². The van der Waals surface area contributed by atoms with Crippen molar-refractivity contribution < 1.29 is 23.8 Å². The summed E-state index contributed by atoms with van der Waals surface area (Å²) < 4.78 is 18.1. The lowest BCUT2D eigenvalue weighted by molar-refractivity contribution is 0.0224. The van der Waals surface area contributed by atoms with Crippen molar-refractivity contribution in [3.8, 4) is 11.5 Å². The average Bonchev–Trinajstić information content (AvgIpc) is 3.26. The molecule has 202 valence electrons. The number of nitrogens with zero attached hydrogens (tertiary/aromatic N) is 1. The highest BCUT2D eigenvalue weighted by Gasteiger charge is 2.54. The minimum atomic E-state index is -1.31. The first-order valence-electron chi connectivity index (χ1n) is 13.6. The van der Waals surface area contributed by atoms with Crippen LogP contribution in [0.1, 0.15) is 58.2 Å². The number of esters is 2. The van der Waals surface area contributed by atoms with Gasteiger partial charge in [-0.3, -0.25) is 0 Å². The van der Waals surface area contributed by atoms with Crippen molar-refractivity contribution in [2.45, 2.75) is 26.4 Å². The van der Waals surface area contributed by atoms with Crippen LogP contribution in [0.5, 0.6) is 11.5 Å². The molecule has 40 heavy (non-hydrogen) atoms. The fourth-order valence-electron chi connectivity index (χ4n) is 5.60. The average molecular weight is 535 g/mol. The third kappa shape index (κ3) is 4.06. The smallest absolute Gasteiger partial charge is 0.340 e. The van der Waals surface area contributed by atoms with Crippen molar-refractivity contribution in [2.75, 3.05) is 29.9 Å². The Bertz CT molecular complexity index is 1610. The van der Waals surface area contributed by atoms with E-state index in [1.54, 1.807) is 25.1 Å². The summed E-state index contributed by atoms with van der Waals surface area (Å²) >= 11 is 0. The van der Waals surface area contributed by atoms with E-state index in [0.29, 0.717) is 39.3 Å². The summed E-state index contributed by atoms with van der Waals surface area (Å²) in [5.41, 5.74) is 4.13. The number of hydrogen-bond acceptors (Lipinski definition) is 7. The lowest BCUT2D eigenvalue weighted by Gasteiger charge is -2.37. The van der Waals surface area contributed by atoms with Crippen LogP contribution in [0.4, 0.5) is 17.1 Å². The van der Waals surface area contributed by atoms with Crippen LogP contribution in [0.15, 0.2) is 84.9 Å². The number of ether oxygens (including phenoxy) is 3. The molecule has 4 aromatic carbocycles. The van der Waals surface area contributed by atoms with Gasteiger partial charge in [0.15, 0.2) is 5.60 Å². The summed E-state index contributed by atoms with van der Waals surface area (Å²) in [6.07, 6.45) is 0. The van der Waals surface area contributed by atoms with Crippen molar-refractivity contribution in [2.24, 2.45) is 0 Å². The Morgan fingerprint density at radius 1 is 0.825 bits per heavy atom. The molecule has 1 unspecified atom stereocenters. The second-order valence-corrected chi connectivity index (χ2v) is 9.71. The molecule has 0 radical (unpaired) electrons. The normalized spacial score (nSPS) is 16.3. The Kier molecular flexibility index (Phi) is 6.42. The van der Waals surface area contributed by atoms with Crippen LogP contribution in [-0.4, -0.2) is 31.6 Å². The molecular formula is C33H30N2O5. The van der Waals surface area contributed by atoms with E-state index in [9.17, 15) is 9.59 Å². The number of rotatable bonds is 7. The van der Waals surface area contributed by atoms with Gasteiger partial charge in [0.25, 0.3) is 0 Å². The van der Waals surface area contributed by atoms with Crippen molar-refractivity contribution in [3.63, 3.8) is 0 Å². The van der Waals surface area contributed by atoms with Crippen LogP contribution in [0, 0.1) is 0 Å². The first-order valence-corrected chi connectivity index (χ1v) is 13.6. The highest BCUT2D eigenvalue weighted by atomic mass is 16.6. The molecule has 1 spiro atoms. The standard InChI is InChI=1S/C33H30N2O5/c1-4-35(5-2)24-14-16-26-30(20-24)39-29-17-13-23(34-22-10-8-7-9-11-22)19-28(29)33(26)27-18-21(31(36)38-6-3)12-15-25(27)32(37)40-33/h7-20,34H,4-6H2,1-3H3. The van der Waals surface area contributed by atoms with E-state index in [1.807, 2.05) is 66.7 Å². The molecular weight excluding hydrogens is 504 g/mol. The number of carbonyl (C=O) groups is 2. The highest BCUT2D eigenvalue weighted by Crippen LogP contribution is 2.57. The zero-order valence-corrected chi connectivity index (χ0v) is 22.7. The molecule has 1 N–H and O–H groups in total. The van der Waals surface area contributed by atoms with Crippen molar-refractivity contribution in [1.29, 1.82) is 0 Å². The van der Waals surface area contributed by atoms with E-state index in [4.69, 9.17) is 14.2 Å². The lowest BCUT2D eigenvalue weighted by atomic mass is 9.77. The number of benzene rings is 4. The third-order valence-corrected chi connectivity index (χ3v) is 7.49. The van der Waals surface area contributed by atoms with E-state index in [0.717, 1.165) is 30.2 Å². The Morgan fingerprint density at radius 2 is 1.62 bits per heavy atom. The summed E-state index contributed by atoms with van der Waals surface area (Å²) in [4.78, 5) is 28.4. The second kappa shape index (κ2) is 10.1. The van der Waals surface area contributed by atoms with Crippen LogP contribution >= 0.6 is 0 Å². The van der Waals surface area contributed by atoms with Gasteiger partial charge in [-0.05, 0) is 81.4 Å². The quantitative estimate of drug-likeness (QED) is 0.255. The van der Waals surface area contributed by atoms with Gasteiger partial charge in [-0.2, -0.15) is 0 Å². The number of hydrogen-bond donors (Lipinski definition) is 1. The van der Waals surface area contributed by atoms with Gasteiger partial charge in [-0.25, -0.2) is 9.59 Å². The molecule has 7 heteroatoms. The zero-order valence-electron chi connectivity index (χ0n) is 22.7. The van der Waals surface area contributed by atoms with Gasteiger partial charge in [0, 0.05) is 52.9 Å². The third-order valence-electron chi connectivity index (χ3n) is 7.49. The summed E-state index contributed by atoms with van der Waals surface area (Å²) in [5.74, 6) is 0.259. The molecule has 2 heterocycles. The van der Waals surface area contributed by atoms with Gasteiger partial charge in [0.05, 0.1) is 17.7 Å². The summed E-state index contributed by atoms with van der Waals surface area (Å²) in [6, 6.07) is 26.5. The zero-order chi connectivity index (χ0) is 27.9. The Labute approximate surface area is 233 Å². The molecule has 6 rings (SSSR count). The molecule has 0 fully saturated rings. The Hall–Kier alpha value is -4.78. The molecule has 0 saturated carbocycles. The van der Waals surface area contributed by atoms with Crippen molar-refractivity contribution in [1.82, 2.24) is 0 Å². The molecule has 0 amide bonds. The molecule has 1 atom stereocenters. The molecule has 7 nitrogen and oxygen atoms in total. The van der Waals surface area contributed by atoms with E-state index in [2.05, 4.69) is 24.1 Å². The van der Waals surface area contributed by atoms with Gasteiger partial charge in [0.1, 0.15) is 11.5 Å². The fourth-order valence-corrected chi connectivity index (χ4v) is 5.60. The maximum atomic E-state index is 13.4. The van der Waals surface area contributed by atoms with Crippen LogP contribution in [0.25, 0.3) is 0 Å². The Morgan fingerprint density at radius 3 is 2.38 bits per heavy atom. The maximum absolute atomic E-state index is 13.4.